The molecule has 4 rings (SSSR count). The van der Waals surface area contributed by atoms with Crippen molar-refractivity contribution in [2.45, 2.75) is 33.4 Å². The summed E-state index contributed by atoms with van der Waals surface area (Å²) in [6.45, 7) is 8.99. The molecule has 0 amide bonds. The molecule has 0 saturated heterocycles. The number of esters is 2. The summed E-state index contributed by atoms with van der Waals surface area (Å²) in [6, 6.07) is 10.8. The van der Waals surface area contributed by atoms with Crippen LogP contribution in [0.4, 0.5) is 28.4 Å². The van der Waals surface area contributed by atoms with Crippen LogP contribution in [0.5, 0.6) is 5.75 Å². The minimum Gasteiger partial charge on any atom is -0.505 e. The van der Waals surface area contributed by atoms with Crippen molar-refractivity contribution in [2.75, 3.05) is 56.9 Å². The lowest BCUT2D eigenvalue weighted by atomic mass is 10.1. The highest BCUT2D eigenvalue weighted by molar-refractivity contribution is 7.91. The molecular weight excluding hydrogens is 927 g/mol. The number of benzene rings is 4. The molecule has 22 nitrogen and oxygen atoms in total. The lowest BCUT2D eigenvalue weighted by Gasteiger charge is -2.14. The van der Waals surface area contributed by atoms with Gasteiger partial charge in [0.15, 0.2) is 25.4 Å². The maximum Gasteiger partial charge on any atom is 0.333 e. The van der Waals surface area contributed by atoms with E-state index in [1.807, 2.05) is 0 Å². The Hall–Kier alpha value is -6.00. The zero-order valence-corrected chi connectivity index (χ0v) is 37.2. The Bertz CT molecular complexity index is 2780. The Balaban J connectivity index is 1.59. The molecule has 0 unspecified atom stereocenters. The topological polar surface area (TPSA) is 344 Å². The van der Waals surface area contributed by atoms with Crippen molar-refractivity contribution in [1.82, 2.24) is 0 Å². The van der Waals surface area contributed by atoms with Gasteiger partial charge in [-0.15, -0.1) is 10.2 Å². The van der Waals surface area contributed by atoms with E-state index < -0.39 is 107 Å². The number of hydrogen-bond acceptors (Lipinski definition) is 20. The molecule has 26 heteroatoms. The second-order valence-corrected chi connectivity index (χ2v) is 20.3. The van der Waals surface area contributed by atoms with E-state index in [4.69, 9.17) is 24.7 Å². The SMILES string of the molecule is C=C(C)C(=O)OCCOCCS(=O)(=O)c1ccc(/N=N/c2c(S(=O)(=O)O)cc3cc(S(=O)(=O)O)c(/N=N/c4ccc(S(=O)(=O)CCOCCOC(=O)C(=C)C)cc4)c(O)c3c2N)cc1. The summed E-state index contributed by atoms with van der Waals surface area (Å²) in [6.07, 6.45) is 0. The van der Waals surface area contributed by atoms with Gasteiger partial charge >= 0.3 is 11.9 Å². The fourth-order valence-electron chi connectivity index (χ4n) is 5.17. The van der Waals surface area contributed by atoms with Crippen LogP contribution < -0.4 is 5.73 Å². The summed E-state index contributed by atoms with van der Waals surface area (Å²) < 4.78 is 141. The summed E-state index contributed by atoms with van der Waals surface area (Å²) in [5.74, 6) is -3.17. The zero-order valence-electron chi connectivity index (χ0n) is 33.9. The van der Waals surface area contributed by atoms with Crippen LogP contribution in [-0.2, 0) is 68.4 Å². The fourth-order valence-corrected chi connectivity index (χ4v) is 8.75. The zero-order chi connectivity index (χ0) is 47.6. The molecule has 4 aromatic rings. The van der Waals surface area contributed by atoms with E-state index in [0.29, 0.717) is 12.1 Å². The average molecular weight is 968 g/mol. The van der Waals surface area contributed by atoms with E-state index in [2.05, 4.69) is 33.6 Å². The number of phenolic OH excluding ortho intramolecular Hbond substituents is 1. The Morgan fingerprint density at radius 2 is 0.969 bits per heavy atom. The van der Waals surface area contributed by atoms with Crippen molar-refractivity contribution in [3.05, 3.63) is 85.0 Å². The first-order valence-corrected chi connectivity index (χ1v) is 24.4. The van der Waals surface area contributed by atoms with Crippen molar-refractivity contribution < 1.29 is 76.4 Å². The minimum atomic E-state index is -5.24. The second kappa shape index (κ2) is 21.1. The van der Waals surface area contributed by atoms with Crippen molar-refractivity contribution in [1.29, 1.82) is 0 Å². The first-order chi connectivity index (χ1) is 29.8. The number of carbonyl (C=O) groups excluding carboxylic acids is 2. The normalized spacial score (nSPS) is 12.5. The molecule has 0 radical (unpaired) electrons. The fraction of sp³-hybridized carbons (Fsp3) is 0.263. The molecule has 4 aromatic carbocycles. The highest BCUT2D eigenvalue weighted by atomic mass is 32.2. The summed E-state index contributed by atoms with van der Waals surface area (Å²) in [7, 11) is -18.2. The highest BCUT2D eigenvalue weighted by Gasteiger charge is 2.28. The van der Waals surface area contributed by atoms with E-state index in [0.717, 1.165) is 12.1 Å². The van der Waals surface area contributed by atoms with Crippen LogP contribution in [0.2, 0.25) is 0 Å². The Morgan fingerprint density at radius 1 is 0.594 bits per heavy atom. The molecule has 0 saturated carbocycles. The van der Waals surface area contributed by atoms with E-state index >= 15 is 0 Å². The van der Waals surface area contributed by atoms with Gasteiger partial charge in [-0.1, -0.05) is 13.2 Å². The summed E-state index contributed by atoms with van der Waals surface area (Å²) in [4.78, 5) is 20.5. The van der Waals surface area contributed by atoms with Crippen LogP contribution in [0, 0.1) is 0 Å². The predicted molar refractivity (Wildman–Crippen MR) is 228 cm³/mol. The quantitative estimate of drug-likeness (QED) is 0.0194. The molecule has 344 valence electrons. The molecule has 64 heavy (non-hydrogen) atoms. The number of anilines is 1. The van der Waals surface area contributed by atoms with Gasteiger partial charge in [0.25, 0.3) is 20.2 Å². The molecule has 0 heterocycles. The van der Waals surface area contributed by atoms with Gasteiger partial charge < -0.3 is 29.8 Å². The van der Waals surface area contributed by atoms with E-state index in [-0.39, 0.29) is 72.0 Å². The first-order valence-electron chi connectivity index (χ1n) is 18.2. The van der Waals surface area contributed by atoms with Gasteiger partial charge in [0.1, 0.15) is 34.4 Å². The molecule has 0 aromatic heterocycles. The van der Waals surface area contributed by atoms with Gasteiger partial charge in [0, 0.05) is 11.1 Å². The molecular formula is C38H41N5O17S4. The van der Waals surface area contributed by atoms with Gasteiger partial charge in [0.2, 0.25) is 0 Å². The van der Waals surface area contributed by atoms with Crippen LogP contribution in [0.3, 0.4) is 0 Å². The number of azo groups is 2. The smallest absolute Gasteiger partial charge is 0.333 e. The van der Waals surface area contributed by atoms with Crippen molar-refractivity contribution in [3.63, 3.8) is 0 Å². The third-order valence-corrected chi connectivity index (χ3v) is 13.5. The van der Waals surface area contributed by atoms with Crippen LogP contribution in [0.15, 0.2) is 125 Å². The lowest BCUT2D eigenvalue weighted by Crippen LogP contribution is -2.16. The van der Waals surface area contributed by atoms with Crippen molar-refractivity contribution >= 4 is 91.1 Å². The van der Waals surface area contributed by atoms with E-state index in [1.165, 1.54) is 50.2 Å². The first kappa shape index (κ1) is 50.6. The molecule has 0 aliphatic rings. The Labute approximate surface area is 367 Å². The number of sulfone groups is 2. The monoisotopic (exact) mass is 967 g/mol. The molecule has 5 N–H and O–H groups in total. The molecule has 0 atom stereocenters. The van der Waals surface area contributed by atoms with Crippen molar-refractivity contribution in [3.8, 4) is 5.75 Å². The predicted octanol–water partition coefficient (Wildman–Crippen LogP) is 5.27. The maximum absolute atomic E-state index is 12.8. The number of hydrogen-bond donors (Lipinski definition) is 4. The number of fused-ring (bicyclic) bond motifs is 1. The standard InChI is InChI=1S/C38H41N5O17S4/c1-23(2)37(45)59-15-13-57-17-19-61(47,48)28-9-5-26(6-10-28)40-42-34-30(63(51,52)53)21-25-22-31(64(54,55)56)35(36(44)32(25)33(34)39)43-41-27-7-11-29(12-8-27)62(49,50)20-18-58-14-16-60-38(46)24(3)4/h5-12,21-22,44H,1,3,13-20,39H2,2,4H3,(H,51,52,53)(H,54,55,56)/b42-40+,43-41+. The molecule has 0 aliphatic carbocycles. The third kappa shape index (κ3) is 13.5. The van der Waals surface area contributed by atoms with Gasteiger partial charge in [-0.3, -0.25) is 9.11 Å². The van der Waals surface area contributed by atoms with Gasteiger partial charge in [0.05, 0.1) is 70.2 Å². The number of aromatic hydroxyl groups is 1. The number of carbonyl (C=O) groups is 2. The molecule has 0 spiro atoms. The van der Waals surface area contributed by atoms with E-state index in [1.54, 1.807) is 0 Å². The van der Waals surface area contributed by atoms with Crippen molar-refractivity contribution in [2.24, 2.45) is 20.5 Å². The number of nitrogens with two attached hydrogens (primary N) is 1. The molecule has 0 fully saturated rings. The summed E-state index contributed by atoms with van der Waals surface area (Å²) in [5.41, 5.74) is 4.22. The van der Waals surface area contributed by atoms with Gasteiger partial charge in [-0.2, -0.15) is 27.1 Å². The Kier molecular flexibility index (Phi) is 16.7. The third-order valence-electron chi connectivity index (χ3n) is 8.40. The van der Waals surface area contributed by atoms with Gasteiger partial charge in [-0.25, -0.2) is 26.4 Å². The Morgan fingerprint density at radius 3 is 1.34 bits per heavy atom. The number of ether oxygens (including phenoxy) is 4. The molecule has 0 bridgehead atoms. The maximum atomic E-state index is 12.8. The van der Waals surface area contributed by atoms with Crippen LogP contribution in [0.1, 0.15) is 13.8 Å². The largest absolute Gasteiger partial charge is 0.505 e. The number of phenols is 1. The minimum absolute atomic E-state index is 0.0401. The number of nitrogen functional groups attached to an aromatic ring is 1. The highest BCUT2D eigenvalue weighted by Crippen LogP contribution is 2.48. The van der Waals surface area contributed by atoms with Crippen LogP contribution in [0.25, 0.3) is 10.8 Å². The summed E-state index contributed by atoms with van der Waals surface area (Å²) >= 11 is 0. The lowest BCUT2D eigenvalue weighted by molar-refractivity contribution is -0.141. The van der Waals surface area contributed by atoms with Crippen LogP contribution >= 0.6 is 0 Å². The molecule has 0 aliphatic heterocycles. The summed E-state index contributed by atoms with van der Waals surface area (Å²) in [5, 5.41) is 25.8. The van der Waals surface area contributed by atoms with Gasteiger partial charge in [-0.05, 0) is 79.9 Å². The van der Waals surface area contributed by atoms with Crippen LogP contribution in [-0.4, -0.2) is 111 Å². The number of nitrogens with zero attached hydrogens (tertiary/aromatic N) is 4. The number of rotatable bonds is 22. The second-order valence-electron chi connectivity index (χ2n) is 13.3. The average Bonchev–Trinajstić information content (AvgIpc) is 3.21. The van der Waals surface area contributed by atoms with E-state index in [9.17, 15) is 57.5 Å².